The van der Waals surface area contributed by atoms with Gasteiger partial charge in [0.15, 0.2) is 0 Å². The number of hydrogen-bond donors (Lipinski definition) is 0. The maximum absolute atomic E-state index is 12.5. The molecule has 0 aliphatic carbocycles. The Hall–Kier alpha value is -7.04. The first kappa shape index (κ1) is 87.0. The van der Waals surface area contributed by atoms with Gasteiger partial charge in [-0.05, 0) is 166 Å². The van der Waals surface area contributed by atoms with E-state index < -0.39 is 94.4 Å². The van der Waals surface area contributed by atoms with Gasteiger partial charge in [-0.15, -0.1) is 6.07 Å². The Bertz CT molecular complexity index is 3980. The summed E-state index contributed by atoms with van der Waals surface area (Å²) in [5.41, 5.74) is 1.52. The van der Waals surface area contributed by atoms with Crippen LogP contribution in [0, 0.1) is 19.9 Å². The van der Waals surface area contributed by atoms with Gasteiger partial charge in [-0.3, -0.25) is 67.3 Å². The number of imide groups is 6. The number of aromatic carboxylic acids is 3. The molecule has 0 N–H and O–H groups in total. The van der Waals surface area contributed by atoms with Crippen LogP contribution in [0.1, 0.15) is 153 Å². The zero-order chi connectivity index (χ0) is 72.4. The summed E-state index contributed by atoms with van der Waals surface area (Å²) in [4.78, 5) is 206. The summed E-state index contributed by atoms with van der Waals surface area (Å²) in [5, 5.41) is 34.8. The van der Waals surface area contributed by atoms with E-state index in [-0.39, 0.29) is 251 Å². The van der Waals surface area contributed by atoms with Crippen molar-refractivity contribution in [2.75, 3.05) is 55.6 Å². The second kappa shape index (κ2) is 34.8. The summed E-state index contributed by atoms with van der Waals surface area (Å²) in [6, 6.07) is 9.41. The van der Waals surface area contributed by atoms with E-state index in [1.54, 1.807) is 0 Å². The molecule has 9 rings (SSSR count). The van der Waals surface area contributed by atoms with Crippen LogP contribution in [-0.4, -0.2) is 126 Å². The number of hydrogen-bond acceptors (Lipinski definition) is 20. The van der Waals surface area contributed by atoms with E-state index in [1.165, 1.54) is 152 Å². The third-order valence-corrected chi connectivity index (χ3v) is 18.0. The maximum Gasteiger partial charge on any atom is 1.00 e. The van der Waals surface area contributed by atoms with Crippen molar-refractivity contribution in [3.63, 3.8) is 0 Å². The van der Waals surface area contributed by atoms with Gasteiger partial charge in [-0.2, -0.15) is 21.7 Å². The molecule has 0 spiro atoms. The molecule has 0 radical (unpaired) electrons. The number of carbonyl (C=O) groups excluding carboxylic acids is 17. The number of carbonyl (C=O) groups is 15. The Morgan fingerprint density at radius 2 is 0.520 bits per heavy atom. The van der Waals surface area contributed by atoms with Gasteiger partial charge in [0, 0.05) is 84.0 Å². The van der Waals surface area contributed by atoms with Crippen LogP contribution in [0.3, 0.4) is 0 Å². The summed E-state index contributed by atoms with van der Waals surface area (Å²) < 4.78 is 1.28. The Morgan fingerprint density at radius 1 is 0.337 bits per heavy atom. The zero-order valence-electron chi connectivity index (χ0n) is 58.6. The van der Waals surface area contributed by atoms with E-state index in [1.807, 2.05) is 0 Å². The van der Waals surface area contributed by atoms with Crippen LogP contribution >= 0.6 is 0 Å². The zero-order valence-corrected chi connectivity index (χ0v) is 66.8. The first-order valence-corrected chi connectivity index (χ1v) is 29.4. The van der Waals surface area contributed by atoms with Gasteiger partial charge < -0.3 is 34.2 Å². The molecule has 30 heteroatoms. The molecule has 0 unspecified atom stereocenters. The van der Waals surface area contributed by atoms with Crippen LogP contribution < -0.4 is 177 Å². The summed E-state index contributed by atoms with van der Waals surface area (Å²) in [6.07, 6.45) is 0.250. The van der Waals surface area contributed by atoms with Crippen LogP contribution in [0.25, 0.3) is 0 Å². The largest absolute Gasteiger partial charge is 1.00 e. The molecule has 0 atom stereocenters. The second-order valence-corrected chi connectivity index (χ2v) is 22.7. The molecule has 6 heterocycles. The smallest absolute Gasteiger partial charge is 0.559 e. The van der Waals surface area contributed by atoms with E-state index in [0.29, 0.717) is 16.0 Å². The molecule has 3 aromatic rings. The maximum atomic E-state index is 12.5. The molecule has 0 bridgehead atoms. The Morgan fingerprint density at radius 3 is 0.704 bits per heavy atom. The molecule has 0 fully saturated rings. The summed E-state index contributed by atoms with van der Waals surface area (Å²) in [6.45, 7) is 35.1. The van der Waals surface area contributed by atoms with E-state index in [4.69, 9.17) is 9.59 Å². The van der Waals surface area contributed by atoms with Gasteiger partial charge in [-0.25, -0.2) is 19.6 Å². The van der Waals surface area contributed by atoms with Gasteiger partial charge in [-0.1, -0.05) is 11.3 Å². The molecule has 3 aromatic carbocycles. The van der Waals surface area contributed by atoms with E-state index in [0.717, 1.165) is 36.6 Å². The topological polar surface area (TPSA) is 379 Å². The van der Waals surface area contributed by atoms with Gasteiger partial charge in [0.1, 0.15) is 0 Å². The molecule has 98 heavy (non-hydrogen) atoms. The van der Waals surface area contributed by atoms with Crippen LogP contribution in [0.5, 0.6) is 0 Å². The Balaban J connectivity index is 0.000000454. The molecule has 0 aromatic heterocycles. The molecule has 12 amide bonds. The minimum atomic E-state index is -1.62. The summed E-state index contributed by atoms with van der Waals surface area (Å²) in [5.74, 6) is -12.1. The SMILES string of the molecule is CC1=C(C)C(=O)N(c2[c-]cc(C(=O)[O-])c(N3C(=O)C(C)=C(C)C3=O)c2)C1=O.CC1=C(C)C(=O)N(c2cc(N3C(=O)C(C)=C(C)C3=O)c(C(=O)[O-])cc2C)C1=O.CC1=C(C)C(=O)N(c2cc(N3C(=O)C(C)=C(C)C3=O)c(C(=O)[O-])cc2C)C1=O.CC[N+](CC)(CC)CC.O=C=O.[K+].[K+].[Na+]. The number of anilines is 6. The quantitative estimate of drug-likeness (QED) is 0.0666. The summed E-state index contributed by atoms with van der Waals surface area (Å²) >= 11 is 0. The van der Waals surface area contributed by atoms with E-state index in [9.17, 15) is 87.2 Å². The van der Waals surface area contributed by atoms with Crippen molar-refractivity contribution in [2.45, 2.75) is 125 Å². The molecular weight excluding hydrogens is 1340 g/mol. The number of benzene rings is 3. The first-order chi connectivity index (χ1) is 44.2. The molecular formula is C68H68K2N7NaO20. The Kier molecular flexibility index (Phi) is 30.9. The number of aryl methyl sites for hydroxylation is 2. The standard InChI is InChI=1S/2C20H18N2O6.C19H15N2O6.C8H20N.CO2.2K.Na/c2*1-8-6-13(20(27)28)15(22-18(25)11(4)12(5)19(22)26)7-14(8)21-16(23)9(2)10(3)17(21)24;1-8-9(2)16(23)20(15(8)22)12-5-6-13(19(26)27)14(7-12)21-17(24)10(3)11(4)18(21)25;1-5-9(6-2,7-3)8-4;2-1-3;;;/h2*6-7H,1-5H3,(H,27,28);6-7H,1-4H3,(H,26,27);5-8H2,1-4H3;;;;/q;;-1;+1;;3*+1/p-3. The number of carboxylic acid groups (broad SMARTS) is 3. The predicted molar refractivity (Wildman–Crippen MR) is 333 cm³/mol. The third-order valence-electron chi connectivity index (χ3n) is 18.0. The van der Waals surface area contributed by atoms with Crippen LogP contribution in [0.2, 0.25) is 0 Å². The fraction of sp³-hybridized carbons (Fsp3) is 0.324. The van der Waals surface area contributed by atoms with Crippen molar-refractivity contribution in [1.29, 1.82) is 0 Å². The van der Waals surface area contributed by atoms with Crippen molar-refractivity contribution < 1.29 is 234 Å². The fourth-order valence-electron chi connectivity index (χ4n) is 10.6. The molecule has 498 valence electrons. The van der Waals surface area contributed by atoms with E-state index >= 15 is 0 Å². The van der Waals surface area contributed by atoms with Gasteiger partial charge >= 0.3 is 138 Å². The minimum absolute atomic E-state index is 0. The molecule has 27 nitrogen and oxygen atoms in total. The van der Waals surface area contributed by atoms with Crippen LogP contribution in [0.15, 0.2) is 103 Å². The predicted octanol–water partition coefficient (Wildman–Crippen LogP) is -5.86. The van der Waals surface area contributed by atoms with Crippen molar-refractivity contribution in [1.82, 2.24) is 0 Å². The molecule has 0 saturated carbocycles. The second-order valence-electron chi connectivity index (χ2n) is 22.7. The normalized spacial score (nSPS) is 16.1. The molecule has 0 saturated heterocycles. The number of rotatable bonds is 13. The first-order valence-electron chi connectivity index (χ1n) is 29.4. The van der Waals surface area contributed by atoms with Gasteiger partial charge in [0.25, 0.3) is 70.9 Å². The number of nitrogens with zero attached hydrogens (tertiary/aromatic N) is 7. The summed E-state index contributed by atoms with van der Waals surface area (Å²) in [7, 11) is 0. The average Bonchev–Trinajstić information content (AvgIpc) is 1.55. The van der Waals surface area contributed by atoms with Crippen molar-refractivity contribution in [3.05, 3.63) is 137 Å². The van der Waals surface area contributed by atoms with Crippen molar-refractivity contribution >= 4 is 129 Å². The van der Waals surface area contributed by atoms with E-state index in [2.05, 4.69) is 33.8 Å². The molecule has 6 aliphatic rings. The fourth-order valence-corrected chi connectivity index (χ4v) is 10.6. The van der Waals surface area contributed by atoms with Crippen LogP contribution in [0.4, 0.5) is 34.1 Å². The number of amides is 12. The van der Waals surface area contributed by atoms with Crippen LogP contribution in [-0.2, 0) is 67.1 Å². The Labute approximate surface area is 672 Å². The van der Waals surface area contributed by atoms with Crippen molar-refractivity contribution in [2.24, 2.45) is 0 Å². The number of carboxylic acids is 3. The number of quaternary nitrogens is 1. The monoisotopic (exact) mass is 1400 g/mol. The molecule has 6 aliphatic heterocycles. The minimum Gasteiger partial charge on any atom is -0.559 e. The van der Waals surface area contributed by atoms with Crippen molar-refractivity contribution in [3.8, 4) is 0 Å². The van der Waals surface area contributed by atoms with Gasteiger partial charge in [0.05, 0.1) is 60.9 Å². The average molecular weight is 1400 g/mol. The van der Waals surface area contributed by atoms with Gasteiger partial charge in [0.2, 0.25) is 0 Å². The third kappa shape index (κ3) is 16.2.